The van der Waals surface area contributed by atoms with Gasteiger partial charge in [-0.25, -0.2) is 0 Å². The highest BCUT2D eigenvalue weighted by Gasteiger charge is 2.50. The minimum Gasteiger partial charge on any atom is -0.497 e. The number of ether oxygens (including phenoxy) is 2. The number of rotatable bonds is 3. The molecule has 23 heavy (non-hydrogen) atoms. The molecule has 120 valence electrons. The summed E-state index contributed by atoms with van der Waals surface area (Å²) in [6.45, 7) is 2.39. The SMILES string of the molecule is COc1ccc([C@@H]2[C@H](C)[C@@H]3S[C@@H](OC)[C@H]2c2ccccc23)cc1. The lowest BCUT2D eigenvalue weighted by atomic mass is 9.66. The lowest BCUT2D eigenvalue weighted by molar-refractivity contribution is 0.113. The fraction of sp³-hybridized carbons (Fsp3) is 0.400. The normalized spacial score (nSPS) is 31.7. The highest BCUT2D eigenvalue weighted by Crippen LogP contribution is 2.64. The summed E-state index contributed by atoms with van der Waals surface area (Å²) in [6, 6.07) is 17.5. The minimum absolute atomic E-state index is 0.234. The quantitative estimate of drug-likeness (QED) is 0.793. The highest BCUT2D eigenvalue weighted by atomic mass is 32.2. The zero-order valence-corrected chi connectivity index (χ0v) is 14.5. The van der Waals surface area contributed by atoms with Crippen LogP contribution in [0.5, 0.6) is 5.75 Å². The first-order chi connectivity index (χ1) is 11.2. The summed E-state index contributed by atoms with van der Waals surface area (Å²) in [4.78, 5) is 0. The van der Waals surface area contributed by atoms with Gasteiger partial charge in [0.2, 0.25) is 0 Å². The monoisotopic (exact) mass is 326 g/mol. The van der Waals surface area contributed by atoms with Gasteiger partial charge in [-0.1, -0.05) is 43.3 Å². The van der Waals surface area contributed by atoms with Crippen molar-refractivity contribution < 1.29 is 9.47 Å². The molecule has 0 N–H and O–H groups in total. The maximum absolute atomic E-state index is 5.87. The van der Waals surface area contributed by atoms with Crippen molar-refractivity contribution in [3.05, 3.63) is 65.2 Å². The van der Waals surface area contributed by atoms with Gasteiger partial charge in [0.1, 0.15) is 11.2 Å². The van der Waals surface area contributed by atoms with Crippen molar-refractivity contribution in [2.45, 2.75) is 29.4 Å². The summed E-state index contributed by atoms with van der Waals surface area (Å²) >= 11 is 1.99. The lowest BCUT2D eigenvalue weighted by Gasteiger charge is -2.51. The van der Waals surface area contributed by atoms with E-state index >= 15 is 0 Å². The van der Waals surface area contributed by atoms with Crippen molar-refractivity contribution in [2.75, 3.05) is 14.2 Å². The summed E-state index contributed by atoms with van der Waals surface area (Å²) in [6.07, 6.45) is 0. The van der Waals surface area contributed by atoms with Crippen LogP contribution in [0.25, 0.3) is 0 Å². The zero-order valence-electron chi connectivity index (χ0n) is 13.7. The lowest BCUT2D eigenvalue weighted by Crippen LogP contribution is -2.41. The molecule has 2 aromatic carbocycles. The molecule has 3 heteroatoms. The average Bonchev–Trinajstić information content (AvgIpc) is 2.62. The molecule has 2 nitrogen and oxygen atoms in total. The van der Waals surface area contributed by atoms with Gasteiger partial charge in [0.25, 0.3) is 0 Å². The molecule has 0 saturated carbocycles. The Morgan fingerprint density at radius 1 is 0.870 bits per heavy atom. The summed E-state index contributed by atoms with van der Waals surface area (Å²) in [5.41, 5.74) is 4.61. The molecule has 5 atom stereocenters. The summed E-state index contributed by atoms with van der Waals surface area (Å²) in [5, 5.41) is 0.508. The molecule has 2 aliphatic heterocycles. The molecule has 1 fully saturated rings. The zero-order chi connectivity index (χ0) is 16.0. The van der Waals surface area contributed by atoms with E-state index in [1.807, 2.05) is 18.9 Å². The standard InChI is InChI=1S/C20H22O2S/c1-12-17(13-8-10-14(21-2)11-9-13)18-15-6-4-5-7-16(15)19(12)23-20(18)22-3/h4-12,17-20H,1-3H3/t12-,17-,18-,19-,20+/m0/s1. The second-order valence-electron chi connectivity index (χ2n) is 6.47. The predicted octanol–water partition coefficient (Wildman–Crippen LogP) is 4.97. The molecule has 1 aliphatic carbocycles. The van der Waals surface area contributed by atoms with Gasteiger partial charge in [-0.05, 0) is 40.7 Å². The van der Waals surface area contributed by atoms with Crippen LogP contribution in [0.2, 0.25) is 0 Å². The molecular weight excluding hydrogens is 304 g/mol. The van der Waals surface area contributed by atoms with Crippen LogP contribution in [0.15, 0.2) is 48.5 Å². The van der Waals surface area contributed by atoms with Crippen LogP contribution in [0.4, 0.5) is 0 Å². The third-order valence-electron chi connectivity index (χ3n) is 5.40. The van der Waals surface area contributed by atoms with Crippen molar-refractivity contribution in [3.8, 4) is 5.75 Å². The molecule has 2 aromatic rings. The molecule has 3 aliphatic rings. The Morgan fingerprint density at radius 3 is 2.22 bits per heavy atom. The van der Waals surface area contributed by atoms with Gasteiger partial charge in [-0.2, -0.15) is 0 Å². The Bertz CT molecular complexity index is 697. The molecule has 0 spiro atoms. The van der Waals surface area contributed by atoms with E-state index in [2.05, 4.69) is 55.5 Å². The molecule has 0 amide bonds. The molecule has 0 radical (unpaired) electrons. The van der Waals surface area contributed by atoms with E-state index in [1.54, 1.807) is 7.11 Å². The number of hydrogen-bond acceptors (Lipinski definition) is 3. The first kappa shape index (κ1) is 15.1. The molecule has 0 unspecified atom stereocenters. The van der Waals surface area contributed by atoms with E-state index in [9.17, 15) is 0 Å². The topological polar surface area (TPSA) is 18.5 Å². The van der Waals surface area contributed by atoms with Gasteiger partial charge in [0.15, 0.2) is 0 Å². The Morgan fingerprint density at radius 2 is 1.57 bits per heavy atom. The Labute approximate surface area is 142 Å². The fourth-order valence-electron chi connectivity index (χ4n) is 4.35. The number of methoxy groups -OCH3 is 2. The van der Waals surface area contributed by atoms with Crippen LogP contribution in [0.1, 0.15) is 40.7 Å². The van der Waals surface area contributed by atoms with Crippen molar-refractivity contribution in [3.63, 3.8) is 0 Å². The number of fused-ring (bicyclic) bond motifs is 2. The molecule has 2 heterocycles. The third-order valence-corrected chi connectivity index (χ3v) is 7.13. The number of benzene rings is 2. The molecule has 1 saturated heterocycles. The largest absolute Gasteiger partial charge is 0.497 e. The maximum Gasteiger partial charge on any atom is 0.118 e. The molecule has 5 rings (SSSR count). The summed E-state index contributed by atoms with van der Waals surface area (Å²) in [5.74, 6) is 2.42. The Balaban J connectivity index is 1.81. The third kappa shape index (κ3) is 2.29. The van der Waals surface area contributed by atoms with Crippen LogP contribution in [-0.4, -0.2) is 19.7 Å². The van der Waals surface area contributed by atoms with Crippen molar-refractivity contribution in [1.82, 2.24) is 0 Å². The van der Waals surface area contributed by atoms with E-state index in [0.29, 0.717) is 23.0 Å². The average molecular weight is 326 g/mol. The molecule has 0 aromatic heterocycles. The van der Waals surface area contributed by atoms with Crippen LogP contribution < -0.4 is 4.74 Å². The molecule has 2 bridgehead atoms. The summed E-state index contributed by atoms with van der Waals surface area (Å²) < 4.78 is 11.2. The number of hydrogen-bond donors (Lipinski definition) is 0. The second-order valence-corrected chi connectivity index (χ2v) is 7.72. The van der Waals surface area contributed by atoms with Gasteiger partial charge in [-0.3, -0.25) is 0 Å². The Kier molecular flexibility index (Phi) is 3.86. The van der Waals surface area contributed by atoms with E-state index in [4.69, 9.17) is 9.47 Å². The van der Waals surface area contributed by atoms with Crippen LogP contribution in [0, 0.1) is 5.92 Å². The number of thioether (sulfide) groups is 1. The van der Waals surface area contributed by atoms with E-state index in [1.165, 1.54) is 16.7 Å². The minimum atomic E-state index is 0.234. The highest BCUT2D eigenvalue weighted by molar-refractivity contribution is 8.00. The van der Waals surface area contributed by atoms with E-state index in [-0.39, 0.29) is 5.44 Å². The maximum atomic E-state index is 5.87. The second kappa shape index (κ2) is 5.88. The smallest absolute Gasteiger partial charge is 0.118 e. The Hall–Kier alpha value is -1.45. The van der Waals surface area contributed by atoms with Crippen LogP contribution in [0.3, 0.4) is 0 Å². The first-order valence-corrected chi connectivity index (χ1v) is 9.10. The van der Waals surface area contributed by atoms with Gasteiger partial charge < -0.3 is 9.47 Å². The van der Waals surface area contributed by atoms with Crippen molar-refractivity contribution in [2.24, 2.45) is 5.92 Å². The van der Waals surface area contributed by atoms with E-state index in [0.717, 1.165) is 5.75 Å². The fourth-order valence-corrected chi connectivity index (χ4v) is 6.01. The van der Waals surface area contributed by atoms with Crippen molar-refractivity contribution >= 4 is 11.8 Å². The first-order valence-electron chi connectivity index (χ1n) is 8.15. The van der Waals surface area contributed by atoms with Crippen LogP contribution in [-0.2, 0) is 4.74 Å². The predicted molar refractivity (Wildman–Crippen MR) is 95.2 cm³/mol. The van der Waals surface area contributed by atoms with Crippen LogP contribution >= 0.6 is 11.8 Å². The van der Waals surface area contributed by atoms with E-state index < -0.39 is 0 Å². The van der Waals surface area contributed by atoms with Gasteiger partial charge in [0, 0.05) is 18.3 Å². The van der Waals surface area contributed by atoms with Gasteiger partial charge in [-0.15, -0.1) is 11.8 Å². The van der Waals surface area contributed by atoms with Gasteiger partial charge >= 0.3 is 0 Å². The van der Waals surface area contributed by atoms with Gasteiger partial charge in [0.05, 0.1) is 7.11 Å². The van der Waals surface area contributed by atoms with Crippen molar-refractivity contribution in [1.29, 1.82) is 0 Å². The molecular formula is C20H22O2S. The summed E-state index contributed by atoms with van der Waals surface area (Å²) in [7, 11) is 3.56.